The van der Waals surface area contributed by atoms with E-state index in [9.17, 15) is 9.59 Å². The third kappa shape index (κ3) is 6.70. The van der Waals surface area contributed by atoms with Gasteiger partial charge in [-0.2, -0.15) is 0 Å². The van der Waals surface area contributed by atoms with Crippen LogP contribution in [-0.2, 0) is 25.6 Å². The number of carbonyl (C=O) groups excluding carboxylic acids is 2. The van der Waals surface area contributed by atoms with Crippen LogP contribution >= 0.6 is 0 Å². The molecule has 13 nitrogen and oxygen atoms in total. The van der Waals surface area contributed by atoms with E-state index in [1.54, 1.807) is 31.6 Å². The zero-order valence-corrected chi connectivity index (χ0v) is 25.0. The number of nitrogens with zero attached hydrogens (tertiary/aromatic N) is 5. The first-order valence-electron chi connectivity index (χ1n) is 15.0. The summed E-state index contributed by atoms with van der Waals surface area (Å²) in [6, 6.07) is 12.8. The van der Waals surface area contributed by atoms with Crippen LogP contribution in [0, 0.1) is 5.92 Å². The lowest BCUT2D eigenvalue weighted by Crippen LogP contribution is -2.29. The van der Waals surface area contributed by atoms with Gasteiger partial charge in [0.05, 0.1) is 49.6 Å². The molecule has 1 saturated carbocycles. The normalized spacial score (nSPS) is 22.5. The van der Waals surface area contributed by atoms with Gasteiger partial charge in [-0.05, 0) is 44.0 Å². The molecule has 3 aromatic heterocycles. The molecule has 2 fully saturated rings. The highest BCUT2D eigenvalue weighted by Crippen LogP contribution is 2.45. The maximum Gasteiger partial charge on any atom is 0.340 e. The second kappa shape index (κ2) is 13.9. The summed E-state index contributed by atoms with van der Waals surface area (Å²) < 4.78 is 26.2. The van der Waals surface area contributed by atoms with Crippen molar-refractivity contribution in [3.8, 4) is 0 Å². The second-order valence-corrected chi connectivity index (χ2v) is 10.7. The van der Waals surface area contributed by atoms with Crippen molar-refractivity contribution in [2.24, 2.45) is 5.92 Å². The fourth-order valence-electron chi connectivity index (χ4n) is 5.80. The maximum absolute atomic E-state index is 12.4. The van der Waals surface area contributed by atoms with Crippen molar-refractivity contribution in [3.05, 3.63) is 84.2 Å². The molecule has 1 aliphatic carbocycles. The molecule has 13 heteroatoms. The number of ether oxygens (including phenoxy) is 4. The first-order valence-corrected chi connectivity index (χ1v) is 15.0. The van der Waals surface area contributed by atoms with Gasteiger partial charge in [-0.25, -0.2) is 24.5 Å². The topological polar surface area (TPSA) is 152 Å². The highest BCUT2D eigenvalue weighted by Gasteiger charge is 2.52. The number of imidazole rings is 1. The van der Waals surface area contributed by atoms with E-state index >= 15 is 0 Å². The third-order valence-electron chi connectivity index (χ3n) is 7.78. The number of anilines is 1. The van der Waals surface area contributed by atoms with Crippen LogP contribution in [0.3, 0.4) is 0 Å². The molecule has 0 bridgehead atoms. The first-order chi connectivity index (χ1) is 22.1. The number of urea groups is 1. The predicted octanol–water partition coefficient (Wildman–Crippen LogP) is 4.14. The molecule has 45 heavy (non-hydrogen) atoms. The number of benzene rings is 1. The SMILES string of the molecule is CCNC(=O)Nc1ncnc2c1ncn2C1CC(COCc2ncccc2C(=O)OCC)C2O[C@H](C=Cc3ccccc3)OC21. The van der Waals surface area contributed by atoms with Gasteiger partial charge in [-0.3, -0.25) is 10.3 Å². The standard InChI is InChI=1S/C32H35N7O6/c1-3-33-32(41)38-29-26-30(36-18-35-29)39(19-37-26)24-15-21(16-42-17-23-22(11-8-14-34-23)31(40)43-4-2)27-28(24)45-25(44-27)13-12-20-9-6-5-7-10-20/h5-14,18-19,21,24-25,27-28H,3-4,15-17H2,1-2H3,(H2,33,35,36,38,41)/t21?,24?,25-,27?,28?/m0/s1. The van der Waals surface area contributed by atoms with Crippen LogP contribution in [0.5, 0.6) is 0 Å². The average molecular weight is 614 g/mol. The summed E-state index contributed by atoms with van der Waals surface area (Å²) in [5.74, 6) is -0.156. The second-order valence-electron chi connectivity index (χ2n) is 10.7. The summed E-state index contributed by atoms with van der Waals surface area (Å²) in [5.41, 5.74) is 2.98. The van der Waals surface area contributed by atoms with E-state index in [0.717, 1.165) is 5.56 Å². The van der Waals surface area contributed by atoms with E-state index in [1.807, 2.05) is 54.0 Å². The van der Waals surface area contributed by atoms with Crippen molar-refractivity contribution in [3.63, 3.8) is 0 Å². The zero-order valence-electron chi connectivity index (χ0n) is 25.0. The zero-order chi connectivity index (χ0) is 31.2. The molecule has 0 spiro atoms. The summed E-state index contributed by atoms with van der Waals surface area (Å²) in [7, 11) is 0. The number of fused-ring (bicyclic) bond motifs is 2. The largest absolute Gasteiger partial charge is 0.462 e. The molecular weight excluding hydrogens is 578 g/mol. The van der Waals surface area contributed by atoms with Crippen LogP contribution in [-0.4, -0.2) is 74.8 Å². The molecule has 1 aromatic carbocycles. The molecule has 4 aromatic rings. The minimum atomic E-state index is -0.559. The third-order valence-corrected chi connectivity index (χ3v) is 7.78. The number of aromatic nitrogens is 5. The average Bonchev–Trinajstić information content (AvgIpc) is 3.76. The fraction of sp³-hybridized carbons (Fsp3) is 0.375. The Morgan fingerprint density at radius 1 is 1.04 bits per heavy atom. The van der Waals surface area contributed by atoms with Gasteiger partial charge in [0.2, 0.25) is 0 Å². The molecule has 2 amide bonds. The Morgan fingerprint density at radius 2 is 1.89 bits per heavy atom. The van der Waals surface area contributed by atoms with Gasteiger partial charge < -0.3 is 28.8 Å². The summed E-state index contributed by atoms with van der Waals surface area (Å²) >= 11 is 0. The lowest BCUT2D eigenvalue weighted by Gasteiger charge is -2.19. The van der Waals surface area contributed by atoms with Gasteiger partial charge in [0.15, 0.2) is 23.3 Å². The Morgan fingerprint density at radius 3 is 2.71 bits per heavy atom. The summed E-state index contributed by atoms with van der Waals surface area (Å²) in [6.07, 6.45) is 8.11. The summed E-state index contributed by atoms with van der Waals surface area (Å²) in [4.78, 5) is 42.3. The van der Waals surface area contributed by atoms with Crippen LogP contribution in [0.15, 0.2) is 67.4 Å². The predicted molar refractivity (Wildman–Crippen MR) is 164 cm³/mol. The number of nitrogens with one attached hydrogen (secondary N) is 2. The Bertz CT molecular complexity index is 1660. The molecular formula is C32H35N7O6. The molecule has 4 unspecified atom stereocenters. The molecule has 234 valence electrons. The van der Waals surface area contributed by atoms with E-state index in [0.29, 0.717) is 47.8 Å². The molecule has 4 heterocycles. The number of amides is 2. The fourth-order valence-corrected chi connectivity index (χ4v) is 5.80. The Hall–Kier alpha value is -4.72. The lowest BCUT2D eigenvalue weighted by atomic mass is 10.1. The lowest BCUT2D eigenvalue weighted by molar-refractivity contribution is -0.0587. The molecule has 5 atom stereocenters. The Balaban J connectivity index is 1.23. The minimum Gasteiger partial charge on any atom is -0.462 e. The smallest absolute Gasteiger partial charge is 0.340 e. The van der Waals surface area contributed by atoms with Gasteiger partial charge in [0, 0.05) is 18.7 Å². The van der Waals surface area contributed by atoms with Crippen molar-refractivity contribution in [2.45, 2.75) is 51.4 Å². The summed E-state index contributed by atoms with van der Waals surface area (Å²) in [6.45, 7) is 4.84. The number of carbonyl (C=O) groups is 2. The summed E-state index contributed by atoms with van der Waals surface area (Å²) in [5, 5.41) is 5.45. The van der Waals surface area contributed by atoms with Crippen molar-refractivity contribution in [1.82, 2.24) is 29.8 Å². The molecule has 0 radical (unpaired) electrons. The van der Waals surface area contributed by atoms with E-state index in [-0.39, 0.29) is 43.4 Å². The van der Waals surface area contributed by atoms with E-state index in [4.69, 9.17) is 18.9 Å². The van der Waals surface area contributed by atoms with Gasteiger partial charge in [0.25, 0.3) is 0 Å². The number of hydrogen-bond donors (Lipinski definition) is 2. The molecule has 1 saturated heterocycles. The number of rotatable bonds is 11. The van der Waals surface area contributed by atoms with E-state index in [1.165, 1.54) is 6.33 Å². The van der Waals surface area contributed by atoms with Crippen LogP contribution < -0.4 is 10.6 Å². The Kier molecular flexibility index (Phi) is 9.38. The van der Waals surface area contributed by atoms with Crippen molar-refractivity contribution >= 4 is 35.1 Å². The highest BCUT2D eigenvalue weighted by atomic mass is 16.7. The molecule has 2 aliphatic rings. The number of pyridine rings is 1. The molecule has 6 rings (SSSR count). The number of hydrogen-bond acceptors (Lipinski definition) is 10. The van der Waals surface area contributed by atoms with Gasteiger partial charge in [-0.15, -0.1) is 0 Å². The van der Waals surface area contributed by atoms with Gasteiger partial charge in [0.1, 0.15) is 12.4 Å². The molecule has 2 N–H and O–H groups in total. The maximum atomic E-state index is 12.4. The van der Waals surface area contributed by atoms with Gasteiger partial charge >= 0.3 is 12.0 Å². The van der Waals surface area contributed by atoms with Gasteiger partial charge in [-0.1, -0.05) is 36.4 Å². The van der Waals surface area contributed by atoms with Crippen molar-refractivity contribution < 1.29 is 28.5 Å². The van der Waals surface area contributed by atoms with Crippen LogP contribution in [0.25, 0.3) is 17.2 Å². The highest BCUT2D eigenvalue weighted by molar-refractivity contribution is 5.95. The van der Waals surface area contributed by atoms with Crippen LogP contribution in [0.1, 0.15) is 47.9 Å². The van der Waals surface area contributed by atoms with Crippen LogP contribution in [0.4, 0.5) is 10.6 Å². The Labute approximate surface area is 260 Å². The van der Waals surface area contributed by atoms with Crippen LogP contribution in [0.2, 0.25) is 0 Å². The first kappa shape index (κ1) is 30.3. The quantitative estimate of drug-likeness (QED) is 0.236. The van der Waals surface area contributed by atoms with Crippen molar-refractivity contribution in [2.75, 3.05) is 25.1 Å². The molecule has 1 aliphatic heterocycles. The van der Waals surface area contributed by atoms with Crippen molar-refractivity contribution in [1.29, 1.82) is 0 Å². The number of esters is 1. The monoisotopic (exact) mass is 613 g/mol. The van der Waals surface area contributed by atoms with E-state index in [2.05, 4.69) is 30.6 Å². The van der Waals surface area contributed by atoms with E-state index < -0.39 is 12.3 Å². The minimum absolute atomic E-state index is 0.0444.